The van der Waals surface area contributed by atoms with Gasteiger partial charge in [-0.15, -0.1) is 13.2 Å². The molecular weight excluding hydrogens is 260 g/mol. The van der Waals surface area contributed by atoms with Crippen LogP contribution in [0, 0.1) is 6.92 Å². The third kappa shape index (κ3) is 3.16. The van der Waals surface area contributed by atoms with Crippen molar-refractivity contribution in [3.8, 4) is 22.6 Å². The molecule has 0 heterocycles. The van der Waals surface area contributed by atoms with Crippen LogP contribution in [0.2, 0.25) is 0 Å². The maximum absolute atomic E-state index is 10.3. The molecule has 0 spiro atoms. The molecule has 2 aromatic rings. The highest BCUT2D eigenvalue weighted by Crippen LogP contribution is 2.38. The van der Waals surface area contributed by atoms with Crippen LogP contribution in [-0.2, 0) is 12.8 Å². The van der Waals surface area contributed by atoms with E-state index in [1.807, 2.05) is 43.3 Å². The molecular formula is C19H20O2. The van der Waals surface area contributed by atoms with Gasteiger partial charge < -0.3 is 10.2 Å². The molecule has 0 amide bonds. The zero-order valence-corrected chi connectivity index (χ0v) is 12.3. The molecule has 0 atom stereocenters. The lowest BCUT2D eigenvalue weighted by atomic mass is 9.95. The minimum atomic E-state index is 0.160. The predicted octanol–water partition coefficient (Wildman–Crippen LogP) is 4.53. The Morgan fingerprint density at radius 1 is 0.905 bits per heavy atom. The van der Waals surface area contributed by atoms with Gasteiger partial charge in [-0.2, -0.15) is 0 Å². The van der Waals surface area contributed by atoms with E-state index in [2.05, 4.69) is 13.2 Å². The summed E-state index contributed by atoms with van der Waals surface area (Å²) < 4.78 is 0. The van der Waals surface area contributed by atoms with Crippen molar-refractivity contribution in [1.82, 2.24) is 0 Å². The highest BCUT2D eigenvalue weighted by atomic mass is 16.3. The van der Waals surface area contributed by atoms with Crippen LogP contribution in [0.25, 0.3) is 11.1 Å². The number of aromatic hydroxyl groups is 2. The Labute approximate surface area is 125 Å². The van der Waals surface area contributed by atoms with Crippen LogP contribution >= 0.6 is 0 Å². The number of phenols is 2. The van der Waals surface area contributed by atoms with Gasteiger partial charge in [0, 0.05) is 11.1 Å². The van der Waals surface area contributed by atoms with Gasteiger partial charge in [0.25, 0.3) is 0 Å². The molecule has 108 valence electrons. The number of rotatable bonds is 5. The van der Waals surface area contributed by atoms with Crippen molar-refractivity contribution in [2.45, 2.75) is 19.8 Å². The summed E-state index contributed by atoms with van der Waals surface area (Å²) in [5.74, 6) is 0.363. The molecule has 2 nitrogen and oxygen atoms in total. The minimum absolute atomic E-state index is 0.160. The number of aryl methyl sites for hydroxylation is 1. The molecule has 0 radical (unpaired) electrons. The fourth-order valence-corrected chi connectivity index (χ4v) is 2.44. The van der Waals surface area contributed by atoms with Crippen molar-refractivity contribution in [2.75, 3.05) is 0 Å². The van der Waals surface area contributed by atoms with E-state index in [1.54, 1.807) is 6.07 Å². The molecule has 2 N–H and O–H groups in total. The van der Waals surface area contributed by atoms with E-state index >= 15 is 0 Å². The third-order valence-corrected chi connectivity index (χ3v) is 3.47. The molecule has 0 aliphatic rings. The summed E-state index contributed by atoms with van der Waals surface area (Å²) in [6.45, 7) is 9.33. The van der Waals surface area contributed by atoms with E-state index in [-0.39, 0.29) is 11.5 Å². The molecule has 0 aliphatic heterocycles. The largest absolute Gasteiger partial charge is 0.507 e. The number of hydrogen-bond acceptors (Lipinski definition) is 2. The van der Waals surface area contributed by atoms with E-state index < -0.39 is 0 Å². The molecule has 2 aromatic carbocycles. The summed E-state index contributed by atoms with van der Waals surface area (Å²) in [5.41, 5.74) is 4.18. The second kappa shape index (κ2) is 6.31. The topological polar surface area (TPSA) is 40.5 Å². The van der Waals surface area contributed by atoms with Crippen molar-refractivity contribution < 1.29 is 10.2 Å². The molecule has 2 rings (SSSR count). The smallest absolute Gasteiger partial charge is 0.126 e. The Bertz CT molecular complexity index is 684. The zero-order chi connectivity index (χ0) is 15.4. The summed E-state index contributed by atoms with van der Waals surface area (Å²) in [6, 6.07) is 9.24. The van der Waals surface area contributed by atoms with Gasteiger partial charge in [0.05, 0.1) is 0 Å². The molecule has 2 heteroatoms. The lowest BCUT2D eigenvalue weighted by Gasteiger charge is -2.13. The first kappa shape index (κ1) is 14.9. The predicted molar refractivity (Wildman–Crippen MR) is 87.7 cm³/mol. The van der Waals surface area contributed by atoms with Crippen LogP contribution in [0.3, 0.4) is 0 Å². The number of benzene rings is 2. The molecule has 0 bridgehead atoms. The Kier molecular flexibility index (Phi) is 4.49. The highest BCUT2D eigenvalue weighted by Gasteiger charge is 2.13. The zero-order valence-electron chi connectivity index (χ0n) is 12.3. The maximum atomic E-state index is 10.3. The Hall–Kier alpha value is -2.48. The van der Waals surface area contributed by atoms with Gasteiger partial charge in [-0.25, -0.2) is 0 Å². The van der Waals surface area contributed by atoms with Gasteiger partial charge in [-0.1, -0.05) is 24.3 Å². The van der Waals surface area contributed by atoms with Crippen LogP contribution in [0.15, 0.2) is 55.6 Å². The van der Waals surface area contributed by atoms with Crippen molar-refractivity contribution in [3.05, 3.63) is 72.3 Å². The van der Waals surface area contributed by atoms with Gasteiger partial charge >= 0.3 is 0 Å². The van der Waals surface area contributed by atoms with Gasteiger partial charge in [0.1, 0.15) is 11.5 Å². The fraction of sp³-hybridized carbons (Fsp3) is 0.158. The first-order valence-electron chi connectivity index (χ1n) is 6.93. The average molecular weight is 280 g/mol. The first-order valence-corrected chi connectivity index (χ1v) is 6.93. The van der Waals surface area contributed by atoms with Crippen LogP contribution in [0.5, 0.6) is 11.5 Å². The summed E-state index contributed by atoms with van der Waals surface area (Å²) in [5, 5.41) is 20.5. The third-order valence-electron chi connectivity index (χ3n) is 3.47. The Morgan fingerprint density at radius 3 is 2.19 bits per heavy atom. The molecule has 0 saturated carbocycles. The second-order valence-corrected chi connectivity index (χ2v) is 5.15. The van der Waals surface area contributed by atoms with E-state index in [0.717, 1.165) is 29.5 Å². The molecule has 0 fully saturated rings. The molecule has 0 unspecified atom stereocenters. The standard InChI is InChI=1S/C19H20O2/c1-4-6-14-8-9-18(20)16(11-14)17-12-15(7-5-2)10-13(3)19(17)21/h4-5,8-12,20-21H,1-2,6-7H2,3H3. The van der Waals surface area contributed by atoms with Crippen LogP contribution in [-0.4, -0.2) is 10.2 Å². The SMILES string of the molecule is C=CCc1ccc(O)c(-c2cc(CC=C)cc(C)c2O)c1. The second-order valence-electron chi connectivity index (χ2n) is 5.15. The van der Waals surface area contributed by atoms with Crippen LogP contribution < -0.4 is 0 Å². The fourth-order valence-electron chi connectivity index (χ4n) is 2.44. The van der Waals surface area contributed by atoms with Crippen LogP contribution in [0.1, 0.15) is 16.7 Å². The quantitative estimate of drug-likeness (QED) is 0.790. The minimum Gasteiger partial charge on any atom is -0.507 e. The first-order chi connectivity index (χ1) is 10.1. The van der Waals surface area contributed by atoms with Gasteiger partial charge in [-0.05, 0) is 54.7 Å². The molecule has 21 heavy (non-hydrogen) atoms. The molecule has 0 aliphatic carbocycles. The monoisotopic (exact) mass is 280 g/mol. The summed E-state index contributed by atoms with van der Waals surface area (Å²) in [6.07, 6.45) is 5.08. The molecule has 0 aromatic heterocycles. The maximum Gasteiger partial charge on any atom is 0.126 e. The highest BCUT2D eigenvalue weighted by molar-refractivity contribution is 5.77. The van der Waals surface area contributed by atoms with Crippen molar-refractivity contribution in [2.24, 2.45) is 0 Å². The van der Waals surface area contributed by atoms with Gasteiger partial charge in [0.15, 0.2) is 0 Å². The van der Waals surface area contributed by atoms with Gasteiger partial charge in [0.2, 0.25) is 0 Å². The van der Waals surface area contributed by atoms with Crippen LogP contribution in [0.4, 0.5) is 0 Å². The van der Waals surface area contributed by atoms with E-state index in [0.29, 0.717) is 11.1 Å². The Morgan fingerprint density at radius 2 is 1.52 bits per heavy atom. The van der Waals surface area contributed by atoms with E-state index in [9.17, 15) is 10.2 Å². The summed E-state index contributed by atoms with van der Waals surface area (Å²) >= 11 is 0. The van der Waals surface area contributed by atoms with Crippen molar-refractivity contribution in [3.63, 3.8) is 0 Å². The Balaban J connectivity index is 2.62. The molecule has 0 saturated heterocycles. The van der Waals surface area contributed by atoms with Gasteiger partial charge in [-0.3, -0.25) is 0 Å². The number of hydrogen-bond donors (Lipinski definition) is 2. The van der Waals surface area contributed by atoms with Crippen molar-refractivity contribution >= 4 is 0 Å². The lowest BCUT2D eigenvalue weighted by molar-refractivity contribution is 0.466. The summed E-state index contributed by atoms with van der Waals surface area (Å²) in [4.78, 5) is 0. The number of phenolic OH excluding ortho intramolecular Hbond substituents is 2. The van der Waals surface area contributed by atoms with Crippen molar-refractivity contribution in [1.29, 1.82) is 0 Å². The normalized spacial score (nSPS) is 10.3. The average Bonchev–Trinajstić information content (AvgIpc) is 2.45. The van der Waals surface area contributed by atoms with E-state index in [4.69, 9.17) is 0 Å². The lowest BCUT2D eigenvalue weighted by Crippen LogP contribution is -1.90. The van der Waals surface area contributed by atoms with E-state index in [1.165, 1.54) is 0 Å². The summed E-state index contributed by atoms with van der Waals surface area (Å²) in [7, 11) is 0. The number of allylic oxidation sites excluding steroid dienone is 2.